The highest BCUT2D eigenvalue weighted by molar-refractivity contribution is 6.31. The van der Waals surface area contributed by atoms with E-state index in [2.05, 4.69) is 5.32 Å². The van der Waals surface area contributed by atoms with Crippen LogP contribution in [0.15, 0.2) is 24.3 Å². The Morgan fingerprint density at radius 1 is 1.29 bits per heavy atom. The molecule has 0 unspecified atom stereocenters. The molecule has 114 valence electrons. The standard InChI is InChI=1S/C16H20ClNO3/c1-16(2,12-5-3-4-6-13(12)17)15(21)18-11-8-7-10(9-11)14(19)20/h3-6,10-11H,7-9H2,1-2H3,(H,18,21)(H,19,20)/t10-,11+/m0/s1. The number of halogens is 1. The number of carboxylic acid groups (broad SMARTS) is 1. The molecule has 5 heteroatoms. The lowest BCUT2D eigenvalue weighted by Crippen LogP contribution is -2.44. The van der Waals surface area contributed by atoms with Crippen LogP contribution in [0.1, 0.15) is 38.7 Å². The quantitative estimate of drug-likeness (QED) is 0.898. The van der Waals surface area contributed by atoms with E-state index in [0.717, 1.165) is 5.56 Å². The number of benzene rings is 1. The summed E-state index contributed by atoms with van der Waals surface area (Å²) in [5.74, 6) is -1.25. The second kappa shape index (κ2) is 6.06. The van der Waals surface area contributed by atoms with Crippen molar-refractivity contribution in [2.75, 3.05) is 0 Å². The molecule has 21 heavy (non-hydrogen) atoms. The summed E-state index contributed by atoms with van der Waals surface area (Å²) >= 11 is 6.18. The third kappa shape index (κ3) is 3.38. The number of aliphatic carboxylic acids is 1. The van der Waals surface area contributed by atoms with Gasteiger partial charge in [0.05, 0.1) is 11.3 Å². The van der Waals surface area contributed by atoms with Crippen molar-refractivity contribution in [3.63, 3.8) is 0 Å². The number of carbonyl (C=O) groups is 2. The monoisotopic (exact) mass is 309 g/mol. The normalized spacial score (nSPS) is 22.0. The van der Waals surface area contributed by atoms with E-state index in [1.165, 1.54) is 0 Å². The van der Waals surface area contributed by atoms with Crippen LogP contribution >= 0.6 is 11.6 Å². The lowest BCUT2D eigenvalue weighted by atomic mass is 9.83. The fraction of sp³-hybridized carbons (Fsp3) is 0.500. The molecule has 0 aliphatic heterocycles. The van der Waals surface area contributed by atoms with E-state index in [0.29, 0.717) is 24.3 Å². The molecule has 1 aromatic rings. The van der Waals surface area contributed by atoms with Crippen LogP contribution in [0.5, 0.6) is 0 Å². The van der Waals surface area contributed by atoms with Gasteiger partial charge in [0.2, 0.25) is 5.91 Å². The third-order valence-corrected chi connectivity index (χ3v) is 4.56. The van der Waals surface area contributed by atoms with Gasteiger partial charge >= 0.3 is 5.97 Å². The lowest BCUT2D eigenvalue weighted by Gasteiger charge is -2.27. The summed E-state index contributed by atoms with van der Waals surface area (Å²) < 4.78 is 0. The number of nitrogens with one attached hydrogen (secondary N) is 1. The minimum Gasteiger partial charge on any atom is -0.481 e. The van der Waals surface area contributed by atoms with Crippen molar-refractivity contribution in [1.82, 2.24) is 5.32 Å². The molecule has 0 aromatic heterocycles. The molecule has 1 amide bonds. The van der Waals surface area contributed by atoms with E-state index in [-0.39, 0.29) is 17.9 Å². The van der Waals surface area contributed by atoms with Crippen molar-refractivity contribution in [1.29, 1.82) is 0 Å². The van der Waals surface area contributed by atoms with E-state index < -0.39 is 11.4 Å². The highest BCUT2D eigenvalue weighted by atomic mass is 35.5. The van der Waals surface area contributed by atoms with Gasteiger partial charge in [-0.05, 0) is 44.7 Å². The topological polar surface area (TPSA) is 66.4 Å². The van der Waals surface area contributed by atoms with Gasteiger partial charge in [0.1, 0.15) is 0 Å². The van der Waals surface area contributed by atoms with Gasteiger partial charge < -0.3 is 10.4 Å². The van der Waals surface area contributed by atoms with Gasteiger partial charge in [0.25, 0.3) is 0 Å². The summed E-state index contributed by atoms with van der Waals surface area (Å²) in [7, 11) is 0. The Hall–Kier alpha value is -1.55. The van der Waals surface area contributed by atoms with Crippen molar-refractivity contribution in [2.45, 2.75) is 44.6 Å². The fourth-order valence-electron chi connectivity index (χ4n) is 2.79. The minimum atomic E-state index is -0.780. The third-order valence-electron chi connectivity index (χ3n) is 4.23. The number of rotatable bonds is 4. The molecule has 1 saturated carbocycles. The summed E-state index contributed by atoms with van der Waals surface area (Å²) in [6.45, 7) is 3.65. The zero-order valence-electron chi connectivity index (χ0n) is 12.2. The second-order valence-electron chi connectivity index (χ2n) is 6.12. The summed E-state index contributed by atoms with van der Waals surface area (Å²) in [5, 5.41) is 12.5. The molecule has 0 radical (unpaired) electrons. The van der Waals surface area contributed by atoms with Crippen LogP contribution < -0.4 is 5.32 Å². The number of hydrogen-bond acceptors (Lipinski definition) is 2. The number of carbonyl (C=O) groups excluding carboxylic acids is 1. The smallest absolute Gasteiger partial charge is 0.306 e. The van der Waals surface area contributed by atoms with Crippen molar-refractivity contribution in [3.05, 3.63) is 34.9 Å². The van der Waals surface area contributed by atoms with E-state index in [1.807, 2.05) is 32.0 Å². The minimum absolute atomic E-state index is 0.0691. The number of amides is 1. The summed E-state index contributed by atoms with van der Waals surface area (Å²) in [6.07, 6.45) is 1.83. The van der Waals surface area contributed by atoms with Gasteiger partial charge in [-0.15, -0.1) is 0 Å². The maximum Gasteiger partial charge on any atom is 0.306 e. The van der Waals surface area contributed by atoms with E-state index in [4.69, 9.17) is 16.7 Å². The molecule has 1 aliphatic carbocycles. The fourth-order valence-corrected chi connectivity index (χ4v) is 3.17. The average Bonchev–Trinajstić information content (AvgIpc) is 2.87. The van der Waals surface area contributed by atoms with Gasteiger partial charge in [-0.3, -0.25) is 9.59 Å². The maximum absolute atomic E-state index is 12.5. The summed E-state index contributed by atoms with van der Waals surface area (Å²) in [5.41, 5.74) is 0.0246. The van der Waals surface area contributed by atoms with Gasteiger partial charge in [-0.1, -0.05) is 29.8 Å². The zero-order valence-corrected chi connectivity index (χ0v) is 13.0. The van der Waals surface area contributed by atoms with Gasteiger partial charge in [-0.2, -0.15) is 0 Å². The first kappa shape index (κ1) is 15.8. The zero-order chi connectivity index (χ0) is 15.6. The molecule has 0 bridgehead atoms. The first-order valence-electron chi connectivity index (χ1n) is 7.11. The van der Waals surface area contributed by atoms with Crippen LogP contribution in [0.2, 0.25) is 5.02 Å². The molecular weight excluding hydrogens is 290 g/mol. The predicted molar refractivity (Wildman–Crippen MR) is 81.4 cm³/mol. The molecule has 1 aromatic carbocycles. The Balaban J connectivity index is 2.06. The lowest BCUT2D eigenvalue weighted by molar-refractivity contribution is -0.141. The Bertz CT molecular complexity index is 556. The first-order chi connectivity index (χ1) is 9.82. The van der Waals surface area contributed by atoms with Crippen LogP contribution in [-0.2, 0) is 15.0 Å². The Labute approximate surface area is 129 Å². The van der Waals surface area contributed by atoms with Crippen molar-refractivity contribution in [2.24, 2.45) is 5.92 Å². The summed E-state index contributed by atoms with van der Waals surface area (Å²) in [6, 6.07) is 7.22. The predicted octanol–water partition coefficient (Wildman–Crippen LogP) is 2.99. The largest absolute Gasteiger partial charge is 0.481 e. The van der Waals surface area contributed by atoms with Gasteiger partial charge in [0.15, 0.2) is 0 Å². The highest BCUT2D eigenvalue weighted by Crippen LogP contribution is 2.31. The highest BCUT2D eigenvalue weighted by Gasteiger charge is 2.36. The molecular formula is C16H20ClNO3. The van der Waals surface area contributed by atoms with Crippen molar-refractivity contribution in [3.8, 4) is 0 Å². The molecule has 1 fully saturated rings. The SMILES string of the molecule is CC(C)(C(=O)N[C@@H]1CC[C@H](C(=O)O)C1)c1ccccc1Cl. The molecule has 0 spiro atoms. The first-order valence-corrected chi connectivity index (χ1v) is 7.49. The maximum atomic E-state index is 12.5. The number of carboxylic acids is 1. The molecule has 0 heterocycles. The average molecular weight is 310 g/mol. The Kier molecular flexibility index (Phi) is 4.57. The molecule has 4 nitrogen and oxygen atoms in total. The van der Waals surface area contributed by atoms with Crippen LogP contribution in [-0.4, -0.2) is 23.0 Å². The van der Waals surface area contributed by atoms with Gasteiger partial charge in [-0.25, -0.2) is 0 Å². The van der Waals surface area contributed by atoms with Crippen LogP contribution in [0.3, 0.4) is 0 Å². The van der Waals surface area contributed by atoms with E-state index >= 15 is 0 Å². The molecule has 2 rings (SSSR count). The summed E-state index contributed by atoms with van der Waals surface area (Å²) in [4.78, 5) is 23.5. The molecule has 0 saturated heterocycles. The van der Waals surface area contributed by atoms with E-state index in [9.17, 15) is 9.59 Å². The van der Waals surface area contributed by atoms with Crippen LogP contribution in [0.4, 0.5) is 0 Å². The number of hydrogen-bond donors (Lipinski definition) is 2. The Morgan fingerprint density at radius 3 is 2.52 bits per heavy atom. The van der Waals surface area contributed by atoms with Crippen molar-refractivity contribution < 1.29 is 14.7 Å². The van der Waals surface area contributed by atoms with E-state index in [1.54, 1.807) is 6.07 Å². The second-order valence-corrected chi connectivity index (χ2v) is 6.53. The van der Waals surface area contributed by atoms with Crippen LogP contribution in [0.25, 0.3) is 0 Å². The molecule has 1 aliphatic rings. The Morgan fingerprint density at radius 2 is 1.95 bits per heavy atom. The van der Waals surface area contributed by atoms with Crippen molar-refractivity contribution >= 4 is 23.5 Å². The molecule has 2 atom stereocenters. The molecule has 2 N–H and O–H groups in total. The van der Waals surface area contributed by atoms with Crippen LogP contribution in [0, 0.1) is 5.92 Å². The van der Waals surface area contributed by atoms with Gasteiger partial charge in [0, 0.05) is 11.1 Å².